The van der Waals surface area contributed by atoms with Crippen LogP contribution in [0.1, 0.15) is 32.4 Å². The van der Waals surface area contributed by atoms with Gasteiger partial charge in [-0.2, -0.15) is 4.98 Å². The third-order valence-corrected chi connectivity index (χ3v) is 7.91. The van der Waals surface area contributed by atoms with Crippen molar-refractivity contribution in [1.29, 1.82) is 0 Å². The summed E-state index contributed by atoms with van der Waals surface area (Å²) in [5.74, 6) is 1.83. The monoisotopic (exact) mass is 567 g/mol. The highest BCUT2D eigenvalue weighted by molar-refractivity contribution is 6.33. The summed E-state index contributed by atoms with van der Waals surface area (Å²) in [7, 11) is 0. The molecule has 1 aliphatic heterocycles. The van der Waals surface area contributed by atoms with E-state index in [1.54, 1.807) is 12.3 Å². The maximum Gasteiger partial charge on any atom is 0.245 e. The van der Waals surface area contributed by atoms with E-state index < -0.39 is 0 Å². The molecular weight excluding hydrogens is 537 g/mol. The quantitative estimate of drug-likeness (QED) is 0.307. The fourth-order valence-corrected chi connectivity index (χ4v) is 5.25. The van der Waals surface area contributed by atoms with E-state index in [4.69, 9.17) is 37.7 Å². The number of piperazine rings is 1. The summed E-state index contributed by atoms with van der Waals surface area (Å²) in [5.41, 5.74) is 2.55. The molecule has 1 aliphatic carbocycles. The molecule has 1 atom stereocenters. The predicted molar refractivity (Wildman–Crippen MR) is 152 cm³/mol. The number of hydrogen-bond donors (Lipinski definition) is 1. The first-order valence-corrected chi connectivity index (χ1v) is 14.0. The summed E-state index contributed by atoms with van der Waals surface area (Å²) >= 11 is 13.1. The van der Waals surface area contributed by atoms with Gasteiger partial charge in [-0.05, 0) is 57.0 Å². The van der Waals surface area contributed by atoms with Gasteiger partial charge < -0.3 is 19.4 Å². The molecule has 0 spiro atoms. The largest absolute Gasteiger partial charge is 0.492 e. The molecular formula is C28H31Cl2N7O2. The van der Waals surface area contributed by atoms with Crippen molar-refractivity contribution in [3.63, 3.8) is 0 Å². The van der Waals surface area contributed by atoms with Crippen molar-refractivity contribution in [2.45, 2.75) is 44.9 Å². The molecule has 2 aliphatic rings. The van der Waals surface area contributed by atoms with Crippen LogP contribution < -0.4 is 14.8 Å². The van der Waals surface area contributed by atoms with Gasteiger partial charge in [0.15, 0.2) is 11.2 Å². The van der Waals surface area contributed by atoms with Gasteiger partial charge in [0, 0.05) is 49.0 Å². The lowest BCUT2D eigenvalue weighted by molar-refractivity contribution is 0.143. The van der Waals surface area contributed by atoms with Crippen LogP contribution >= 0.6 is 23.2 Å². The van der Waals surface area contributed by atoms with Crippen LogP contribution in [-0.4, -0.2) is 73.8 Å². The Balaban J connectivity index is 1.31. The number of ether oxygens (including phenoxy) is 2. The predicted octanol–water partition coefficient (Wildman–Crippen LogP) is 4.85. The molecule has 1 N–H and O–H groups in total. The number of benzene rings is 1. The Morgan fingerprint density at radius 2 is 2.00 bits per heavy atom. The fraction of sp³-hybridized carbons (Fsp3) is 0.429. The van der Waals surface area contributed by atoms with Crippen LogP contribution in [0.25, 0.3) is 22.6 Å². The van der Waals surface area contributed by atoms with Crippen LogP contribution in [0, 0.1) is 0 Å². The van der Waals surface area contributed by atoms with Gasteiger partial charge in [-0.15, -0.1) is 0 Å². The average Bonchev–Trinajstić information content (AvgIpc) is 3.53. The minimum Gasteiger partial charge on any atom is -0.492 e. The van der Waals surface area contributed by atoms with Crippen molar-refractivity contribution in [3.05, 3.63) is 58.6 Å². The average molecular weight is 569 g/mol. The Hall–Kier alpha value is -2.98. The van der Waals surface area contributed by atoms with E-state index in [9.17, 15) is 0 Å². The normalized spacial score (nSPS) is 18.8. The van der Waals surface area contributed by atoms with Crippen LogP contribution in [-0.2, 0) is 6.54 Å². The molecule has 204 valence electrons. The standard InChI is InChI=1S/C28H31Cl2N7O2/c1-18-15-31-9-10-36(18)11-12-38-21-3-4-22(23(30)14-21)25-35-24-26(33-17-34-27(24)39-28(2)6-7-28)37(25)16-20-13-19(29)5-8-32-20/h3-5,8,13-14,17-18,31H,6-7,9-12,15-16H2,1-2H3/t18-/m1/s1. The molecule has 1 aromatic carbocycles. The molecule has 1 saturated carbocycles. The zero-order chi connectivity index (χ0) is 27.0. The van der Waals surface area contributed by atoms with Crippen molar-refractivity contribution in [3.8, 4) is 23.0 Å². The lowest BCUT2D eigenvalue weighted by Crippen LogP contribution is -2.50. The number of hydrogen-bond acceptors (Lipinski definition) is 8. The first-order chi connectivity index (χ1) is 18.9. The van der Waals surface area contributed by atoms with Crippen LogP contribution in [0.4, 0.5) is 0 Å². The Morgan fingerprint density at radius 1 is 1.13 bits per heavy atom. The Labute approximate surface area is 237 Å². The first-order valence-electron chi connectivity index (χ1n) is 13.3. The smallest absolute Gasteiger partial charge is 0.245 e. The van der Waals surface area contributed by atoms with Crippen LogP contribution in [0.2, 0.25) is 10.0 Å². The second-order valence-electron chi connectivity index (χ2n) is 10.5. The third-order valence-electron chi connectivity index (χ3n) is 7.36. The number of fused-ring (bicyclic) bond motifs is 1. The van der Waals surface area contributed by atoms with Gasteiger partial charge >= 0.3 is 0 Å². The van der Waals surface area contributed by atoms with Crippen LogP contribution in [0.3, 0.4) is 0 Å². The second-order valence-corrected chi connectivity index (χ2v) is 11.3. The SMILES string of the molecule is C[C@@H]1CNCCN1CCOc1ccc(-c2nc3c(OC4(C)CC4)ncnc3n2Cc2cc(Cl)ccn2)c(Cl)c1. The van der Waals surface area contributed by atoms with Gasteiger partial charge in [-0.1, -0.05) is 23.2 Å². The van der Waals surface area contributed by atoms with Gasteiger partial charge in [-0.3, -0.25) is 9.88 Å². The summed E-state index contributed by atoms with van der Waals surface area (Å²) < 4.78 is 14.3. The number of aromatic nitrogens is 5. The summed E-state index contributed by atoms with van der Waals surface area (Å²) in [6.45, 7) is 9.20. The Kier molecular flexibility index (Phi) is 7.33. The molecule has 39 heavy (non-hydrogen) atoms. The number of pyridine rings is 1. The summed E-state index contributed by atoms with van der Waals surface area (Å²) in [6, 6.07) is 9.78. The summed E-state index contributed by atoms with van der Waals surface area (Å²) in [4.78, 5) is 20.9. The van der Waals surface area contributed by atoms with Crippen molar-refractivity contribution in [2.24, 2.45) is 0 Å². The van der Waals surface area contributed by atoms with Gasteiger partial charge in [0.05, 0.1) is 17.3 Å². The number of halogens is 2. The van der Waals surface area contributed by atoms with Gasteiger partial charge in [0.25, 0.3) is 0 Å². The highest BCUT2D eigenvalue weighted by atomic mass is 35.5. The lowest BCUT2D eigenvalue weighted by atomic mass is 10.2. The fourth-order valence-electron chi connectivity index (χ4n) is 4.82. The minimum absolute atomic E-state index is 0.209. The summed E-state index contributed by atoms with van der Waals surface area (Å²) in [5, 5.41) is 4.56. The maximum atomic E-state index is 6.84. The topological polar surface area (TPSA) is 90.2 Å². The molecule has 6 rings (SSSR count). The van der Waals surface area contributed by atoms with E-state index in [2.05, 4.69) is 39.0 Å². The Morgan fingerprint density at radius 3 is 2.77 bits per heavy atom. The van der Waals surface area contributed by atoms with Gasteiger partial charge in [0.1, 0.15) is 30.1 Å². The van der Waals surface area contributed by atoms with Crippen molar-refractivity contribution >= 4 is 34.4 Å². The summed E-state index contributed by atoms with van der Waals surface area (Å²) in [6.07, 6.45) is 5.17. The second kappa shape index (κ2) is 10.9. The molecule has 0 amide bonds. The molecule has 4 heterocycles. The molecule has 11 heteroatoms. The molecule has 0 bridgehead atoms. The molecule has 0 radical (unpaired) electrons. The molecule has 4 aromatic rings. The van der Waals surface area contributed by atoms with E-state index in [1.165, 1.54) is 6.33 Å². The van der Waals surface area contributed by atoms with Gasteiger partial charge in [0.2, 0.25) is 5.88 Å². The van der Waals surface area contributed by atoms with E-state index in [1.807, 2.05) is 28.8 Å². The van der Waals surface area contributed by atoms with E-state index >= 15 is 0 Å². The number of rotatable bonds is 9. The van der Waals surface area contributed by atoms with E-state index in [-0.39, 0.29) is 5.60 Å². The van der Waals surface area contributed by atoms with Gasteiger partial charge in [-0.25, -0.2) is 9.97 Å². The third kappa shape index (κ3) is 5.82. The highest BCUT2D eigenvalue weighted by Gasteiger charge is 2.41. The minimum atomic E-state index is -0.209. The van der Waals surface area contributed by atoms with Crippen LogP contribution in [0.5, 0.6) is 11.6 Å². The maximum absolute atomic E-state index is 6.84. The molecule has 9 nitrogen and oxygen atoms in total. The number of nitrogens with zero attached hydrogens (tertiary/aromatic N) is 6. The zero-order valence-electron chi connectivity index (χ0n) is 22.0. The van der Waals surface area contributed by atoms with Crippen molar-refractivity contribution in [2.75, 3.05) is 32.8 Å². The number of imidazole rings is 1. The lowest BCUT2D eigenvalue weighted by Gasteiger charge is -2.33. The van der Waals surface area contributed by atoms with E-state index in [0.717, 1.165) is 56.0 Å². The Bertz CT molecular complexity index is 1490. The zero-order valence-corrected chi connectivity index (χ0v) is 23.5. The highest BCUT2D eigenvalue weighted by Crippen LogP contribution is 2.41. The molecule has 0 unspecified atom stereocenters. The molecule has 2 fully saturated rings. The first kappa shape index (κ1) is 26.3. The molecule has 1 saturated heterocycles. The number of nitrogens with one attached hydrogen (secondary N) is 1. The van der Waals surface area contributed by atoms with Crippen molar-refractivity contribution < 1.29 is 9.47 Å². The van der Waals surface area contributed by atoms with Crippen molar-refractivity contribution in [1.82, 2.24) is 34.7 Å². The molecule has 3 aromatic heterocycles. The van der Waals surface area contributed by atoms with Crippen LogP contribution in [0.15, 0.2) is 42.9 Å². The van der Waals surface area contributed by atoms with E-state index in [0.29, 0.717) is 52.1 Å².